The molecule has 66 valence electrons. The Balaban J connectivity index is 2.58. The summed E-state index contributed by atoms with van der Waals surface area (Å²) in [5, 5.41) is 2.41. The number of nitrogens with two attached hydrogens (primary N) is 1. The maximum atomic E-state index is 10.7. The molecule has 0 atom stereocenters. The fraction of sp³-hybridized carbons (Fsp3) is 0. The Kier molecular flexibility index (Phi) is 1.63. The van der Waals surface area contributed by atoms with Crippen LogP contribution in [0.3, 0.4) is 0 Å². The first-order chi connectivity index (χ1) is 6.27. The van der Waals surface area contributed by atoms with Crippen LogP contribution in [0.4, 0.5) is 5.69 Å². The number of H-pyrrole nitrogens is 1. The number of rotatable bonds is 1. The Morgan fingerprint density at radius 2 is 2.15 bits per heavy atom. The van der Waals surface area contributed by atoms with Crippen molar-refractivity contribution in [3.63, 3.8) is 0 Å². The molecule has 0 aliphatic rings. The van der Waals surface area contributed by atoms with Gasteiger partial charge in [0.15, 0.2) is 0 Å². The van der Waals surface area contributed by atoms with Gasteiger partial charge in [0, 0.05) is 6.07 Å². The second-order valence-corrected chi connectivity index (χ2v) is 2.57. The van der Waals surface area contributed by atoms with Gasteiger partial charge in [-0.3, -0.25) is 4.52 Å². The maximum Gasteiger partial charge on any atom is 0.427 e. The third kappa shape index (κ3) is 1.31. The van der Waals surface area contributed by atoms with Crippen LogP contribution >= 0.6 is 0 Å². The van der Waals surface area contributed by atoms with Crippen LogP contribution in [0.5, 0.6) is 0 Å². The highest BCUT2D eigenvalue weighted by atomic mass is 16.5. The number of hydrogen-bond donors (Lipinski definition) is 2. The van der Waals surface area contributed by atoms with Gasteiger partial charge in [0.25, 0.3) is 11.9 Å². The van der Waals surface area contributed by atoms with E-state index in [0.717, 1.165) is 0 Å². The molecular formula is C8H8N3O2+. The molecule has 0 saturated heterocycles. The lowest BCUT2D eigenvalue weighted by molar-refractivity contribution is -0.669. The largest absolute Gasteiger partial charge is 0.427 e. The Labute approximate surface area is 73.4 Å². The first-order valence-corrected chi connectivity index (χ1v) is 3.72. The molecule has 0 unspecified atom stereocenters. The molecule has 0 fully saturated rings. The molecular weight excluding hydrogens is 170 g/mol. The van der Waals surface area contributed by atoms with E-state index in [9.17, 15) is 4.79 Å². The normalized spacial score (nSPS) is 10.2. The van der Waals surface area contributed by atoms with Gasteiger partial charge in [0.05, 0.1) is 0 Å². The number of nitrogen functional groups attached to an aromatic ring is 1. The zero-order valence-electron chi connectivity index (χ0n) is 6.73. The van der Waals surface area contributed by atoms with Crippen molar-refractivity contribution >= 4 is 5.69 Å². The minimum absolute atomic E-state index is 0.441. The lowest BCUT2D eigenvalue weighted by Crippen LogP contribution is -2.33. The van der Waals surface area contributed by atoms with Crippen LogP contribution in [0.2, 0.25) is 0 Å². The monoisotopic (exact) mass is 178 g/mol. The van der Waals surface area contributed by atoms with E-state index in [2.05, 4.69) is 9.79 Å². The molecule has 0 radical (unpaired) electrons. The molecule has 0 spiro atoms. The predicted octanol–water partition coefficient (Wildman–Crippen LogP) is -0.173. The van der Waals surface area contributed by atoms with Crippen molar-refractivity contribution in [2.45, 2.75) is 0 Å². The Bertz CT molecular complexity index is 472. The van der Waals surface area contributed by atoms with E-state index < -0.39 is 5.63 Å². The number of para-hydroxylation sites is 2. The Hall–Kier alpha value is -2.04. The SMILES string of the molecule is Nc1ccccc1-[n+]1cc(=O)o[nH]1. The summed E-state index contributed by atoms with van der Waals surface area (Å²) < 4.78 is 5.93. The van der Waals surface area contributed by atoms with E-state index in [1.807, 2.05) is 12.1 Å². The van der Waals surface area contributed by atoms with E-state index >= 15 is 0 Å². The van der Waals surface area contributed by atoms with Crippen molar-refractivity contribution in [1.29, 1.82) is 0 Å². The number of nitrogens with one attached hydrogen (secondary N) is 1. The molecule has 1 aromatic carbocycles. The smallest absolute Gasteiger partial charge is 0.393 e. The van der Waals surface area contributed by atoms with Gasteiger partial charge >= 0.3 is 5.63 Å². The summed E-state index contributed by atoms with van der Waals surface area (Å²) in [6, 6.07) is 7.16. The third-order valence-corrected chi connectivity index (χ3v) is 1.68. The van der Waals surface area contributed by atoms with Gasteiger partial charge in [-0.05, 0) is 16.0 Å². The maximum absolute atomic E-state index is 10.7. The zero-order valence-corrected chi connectivity index (χ0v) is 6.73. The second-order valence-electron chi connectivity index (χ2n) is 2.57. The van der Waals surface area contributed by atoms with Gasteiger partial charge in [-0.15, -0.1) is 0 Å². The molecule has 5 nitrogen and oxygen atoms in total. The summed E-state index contributed by atoms with van der Waals surface area (Å²) in [5.41, 5.74) is 6.50. The highest BCUT2D eigenvalue weighted by Crippen LogP contribution is 2.07. The topological polar surface area (TPSA) is 75.9 Å². The Morgan fingerprint density at radius 3 is 2.77 bits per heavy atom. The summed E-state index contributed by atoms with van der Waals surface area (Å²) in [4.78, 5) is 10.7. The molecule has 0 aliphatic carbocycles. The summed E-state index contributed by atoms with van der Waals surface area (Å²) in [6.45, 7) is 0. The summed E-state index contributed by atoms with van der Waals surface area (Å²) in [7, 11) is 0. The van der Waals surface area contributed by atoms with Gasteiger partial charge < -0.3 is 5.73 Å². The molecule has 3 N–H and O–H groups in total. The van der Waals surface area contributed by atoms with Crippen molar-refractivity contribution in [2.24, 2.45) is 0 Å². The van der Waals surface area contributed by atoms with Crippen LogP contribution in [0.1, 0.15) is 0 Å². The predicted molar refractivity (Wildman–Crippen MR) is 45.3 cm³/mol. The molecule has 0 amide bonds. The van der Waals surface area contributed by atoms with Crippen molar-refractivity contribution in [3.8, 4) is 5.69 Å². The van der Waals surface area contributed by atoms with Crippen LogP contribution in [0.25, 0.3) is 5.69 Å². The van der Waals surface area contributed by atoms with E-state index in [1.165, 1.54) is 10.9 Å². The molecule has 2 rings (SSSR count). The average molecular weight is 178 g/mol. The van der Waals surface area contributed by atoms with Crippen LogP contribution < -0.4 is 16.0 Å². The molecule has 5 heteroatoms. The highest BCUT2D eigenvalue weighted by molar-refractivity contribution is 5.51. The summed E-state index contributed by atoms with van der Waals surface area (Å²) in [6.07, 6.45) is 1.28. The van der Waals surface area contributed by atoms with Gasteiger partial charge in [-0.1, -0.05) is 12.1 Å². The first kappa shape index (κ1) is 7.60. The number of hydrogen-bond acceptors (Lipinski definition) is 3. The molecule has 1 aromatic heterocycles. The zero-order chi connectivity index (χ0) is 9.26. The number of anilines is 1. The molecule has 2 aromatic rings. The van der Waals surface area contributed by atoms with E-state index in [0.29, 0.717) is 11.4 Å². The molecule has 1 heterocycles. The van der Waals surface area contributed by atoms with Gasteiger partial charge in [-0.2, -0.15) is 0 Å². The number of nitrogens with zero attached hydrogens (tertiary/aromatic N) is 1. The Morgan fingerprint density at radius 1 is 1.38 bits per heavy atom. The van der Waals surface area contributed by atoms with Crippen LogP contribution in [0, 0.1) is 0 Å². The molecule has 13 heavy (non-hydrogen) atoms. The van der Waals surface area contributed by atoms with Crippen molar-refractivity contribution in [3.05, 3.63) is 40.9 Å². The van der Waals surface area contributed by atoms with Gasteiger partial charge in [0.2, 0.25) is 0 Å². The summed E-state index contributed by atoms with van der Waals surface area (Å²) >= 11 is 0. The van der Waals surface area contributed by atoms with E-state index in [4.69, 9.17) is 5.73 Å². The lowest BCUT2D eigenvalue weighted by atomic mass is 10.3. The van der Waals surface area contributed by atoms with Crippen LogP contribution in [0.15, 0.2) is 39.8 Å². The van der Waals surface area contributed by atoms with Crippen LogP contribution in [-0.4, -0.2) is 5.27 Å². The first-order valence-electron chi connectivity index (χ1n) is 3.72. The second kappa shape index (κ2) is 2.78. The van der Waals surface area contributed by atoms with Crippen LogP contribution in [-0.2, 0) is 0 Å². The summed E-state index contributed by atoms with van der Waals surface area (Å²) in [5.74, 6) is 0. The fourth-order valence-electron chi connectivity index (χ4n) is 1.08. The van der Waals surface area contributed by atoms with Crippen molar-refractivity contribution < 1.29 is 9.20 Å². The third-order valence-electron chi connectivity index (χ3n) is 1.68. The molecule has 0 aliphatic heterocycles. The van der Waals surface area contributed by atoms with Crippen molar-refractivity contribution in [1.82, 2.24) is 5.27 Å². The minimum Gasteiger partial charge on any atom is -0.393 e. The molecule has 0 bridgehead atoms. The van der Waals surface area contributed by atoms with E-state index in [-0.39, 0.29) is 0 Å². The van der Waals surface area contributed by atoms with Gasteiger partial charge in [0.1, 0.15) is 5.69 Å². The number of benzene rings is 1. The van der Waals surface area contributed by atoms with Gasteiger partial charge in [-0.25, -0.2) is 4.79 Å². The standard InChI is InChI=1S/C8H7N3O2/c9-6-3-1-2-4-7(6)11-5-8(12)13-10-11/h1-5H,(H2-,9,10,12)/p+1. The highest BCUT2D eigenvalue weighted by Gasteiger charge is 2.12. The minimum atomic E-state index is -0.441. The number of aromatic amines is 1. The quantitative estimate of drug-likeness (QED) is 0.470. The van der Waals surface area contributed by atoms with E-state index in [1.54, 1.807) is 12.1 Å². The average Bonchev–Trinajstić information content (AvgIpc) is 2.53. The number of aromatic nitrogens is 2. The van der Waals surface area contributed by atoms with Crippen molar-refractivity contribution in [2.75, 3.05) is 5.73 Å². The fourth-order valence-corrected chi connectivity index (χ4v) is 1.08. The lowest BCUT2D eigenvalue weighted by Gasteiger charge is -1.92. The molecule has 0 saturated carbocycles.